The van der Waals surface area contributed by atoms with Gasteiger partial charge in [0.15, 0.2) is 0 Å². The van der Waals surface area contributed by atoms with Crippen LogP contribution in [-0.2, 0) is 0 Å². The second-order valence-electron chi connectivity index (χ2n) is 8.25. The van der Waals surface area contributed by atoms with Crippen molar-refractivity contribution in [2.24, 2.45) is 17.8 Å². The summed E-state index contributed by atoms with van der Waals surface area (Å²) in [6, 6.07) is 11.2. The van der Waals surface area contributed by atoms with E-state index in [0.717, 1.165) is 26.2 Å². The van der Waals surface area contributed by atoms with E-state index in [-0.39, 0.29) is 12.1 Å². The van der Waals surface area contributed by atoms with Gasteiger partial charge in [-0.25, -0.2) is 10.2 Å². The van der Waals surface area contributed by atoms with Crippen LogP contribution in [0.4, 0.5) is 4.79 Å². The molecule has 1 aromatic rings. The summed E-state index contributed by atoms with van der Waals surface area (Å²) >= 11 is 0. The lowest BCUT2D eigenvalue weighted by molar-refractivity contribution is 0.207. The van der Waals surface area contributed by atoms with Gasteiger partial charge in [0.2, 0.25) is 0 Å². The van der Waals surface area contributed by atoms with Crippen molar-refractivity contribution in [1.82, 2.24) is 26.0 Å². The molecule has 2 saturated heterocycles. The summed E-state index contributed by atoms with van der Waals surface area (Å²) in [5.41, 5.74) is 8.10. The van der Waals surface area contributed by atoms with Crippen LogP contribution < -0.4 is 16.2 Å². The highest BCUT2D eigenvalue weighted by molar-refractivity contribution is 5.73. The Morgan fingerprint density at radius 2 is 2.00 bits per heavy atom. The first-order valence-corrected chi connectivity index (χ1v) is 9.69. The van der Waals surface area contributed by atoms with Crippen LogP contribution in [0.3, 0.4) is 0 Å². The smallest absolute Gasteiger partial charge is 0.317 e. The minimum Gasteiger partial charge on any atom is -0.334 e. The lowest BCUT2D eigenvalue weighted by Crippen LogP contribution is -2.46. The Morgan fingerprint density at radius 3 is 2.65 bits per heavy atom. The first-order chi connectivity index (χ1) is 12.5. The van der Waals surface area contributed by atoms with Crippen LogP contribution >= 0.6 is 0 Å². The van der Waals surface area contributed by atoms with Crippen LogP contribution in [0.25, 0.3) is 0 Å². The van der Waals surface area contributed by atoms with Gasteiger partial charge >= 0.3 is 6.03 Å². The van der Waals surface area contributed by atoms with Gasteiger partial charge in [-0.1, -0.05) is 44.2 Å². The molecule has 0 aliphatic carbocycles. The molecule has 2 unspecified atom stereocenters. The molecule has 0 saturated carbocycles. The monoisotopic (exact) mass is 359 g/mol. The number of rotatable bonds is 5. The highest BCUT2D eigenvalue weighted by Gasteiger charge is 2.38. The molecular weight excluding hydrogens is 326 g/mol. The predicted molar refractivity (Wildman–Crippen MR) is 105 cm³/mol. The molecule has 2 fully saturated rings. The molecule has 144 valence electrons. The molecule has 2 heterocycles. The first kappa shape index (κ1) is 19.1. The fraction of sp³-hybridized carbons (Fsp3) is 0.650. The number of hydrogen-bond donors (Lipinski definition) is 3. The number of nitrogens with zero attached hydrogens (tertiary/aromatic N) is 2. The Labute approximate surface area is 157 Å². The maximum atomic E-state index is 12.1. The summed E-state index contributed by atoms with van der Waals surface area (Å²) in [5, 5.41) is 3.22. The molecule has 2 aliphatic heterocycles. The summed E-state index contributed by atoms with van der Waals surface area (Å²) in [6.45, 7) is 8.51. The summed E-state index contributed by atoms with van der Waals surface area (Å²) in [5.74, 6) is 1.57. The molecule has 0 aromatic heterocycles. The van der Waals surface area contributed by atoms with Gasteiger partial charge < -0.3 is 15.1 Å². The third-order valence-corrected chi connectivity index (χ3v) is 5.76. The number of hydrogen-bond acceptors (Lipinski definition) is 4. The van der Waals surface area contributed by atoms with Crippen LogP contribution in [0.2, 0.25) is 0 Å². The van der Waals surface area contributed by atoms with Crippen molar-refractivity contribution in [2.45, 2.75) is 25.9 Å². The molecule has 6 nitrogen and oxygen atoms in total. The molecule has 0 bridgehead atoms. The van der Waals surface area contributed by atoms with Gasteiger partial charge in [0, 0.05) is 52.2 Å². The number of benzene rings is 1. The van der Waals surface area contributed by atoms with E-state index in [2.05, 4.69) is 65.2 Å². The summed E-state index contributed by atoms with van der Waals surface area (Å²) in [7, 11) is 3.60. The third kappa shape index (κ3) is 4.37. The van der Waals surface area contributed by atoms with Crippen LogP contribution in [0.15, 0.2) is 30.3 Å². The summed E-state index contributed by atoms with van der Waals surface area (Å²) in [4.78, 5) is 16.3. The molecule has 4 atom stereocenters. The molecule has 3 rings (SSSR count). The van der Waals surface area contributed by atoms with Gasteiger partial charge in [-0.2, -0.15) is 0 Å². The Kier molecular flexibility index (Phi) is 6.16. The molecule has 0 spiro atoms. The standard InChI is InChI=1S/C20H33N5O/c1-14(2)17-12-25(13-18(17)22-20(26)24(3)4)11-16-10-21-23-19(16)15-8-6-5-7-9-15/h5-9,14,16-19,21,23H,10-13H2,1-4H3,(H,22,26)/t16?,17-,18+,19?/m0/s1. The summed E-state index contributed by atoms with van der Waals surface area (Å²) < 4.78 is 0. The minimum atomic E-state index is 0.00821. The molecule has 1 aromatic carbocycles. The third-order valence-electron chi connectivity index (χ3n) is 5.76. The lowest BCUT2D eigenvalue weighted by Gasteiger charge is -2.25. The van der Waals surface area contributed by atoms with Crippen molar-refractivity contribution < 1.29 is 4.79 Å². The van der Waals surface area contributed by atoms with Gasteiger partial charge in [-0.15, -0.1) is 0 Å². The van der Waals surface area contributed by atoms with E-state index in [4.69, 9.17) is 0 Å². The number of hydrazine groups is 1. The number of carbonyl (C=O) groups excluding carboxylic acids is 1. The van der Waals surface area contributed by atoms with Crippen LogP contribution in [0, 0.1) is 17.8 Å². The number of amides is 2. The van der Waals surface area contributed by atoms with E-state index >= 15 is 0 Å². The molecule has 2 aliphatic rings. The molecule has 3 N–H and O–H groups in total. The lowest BCUT2D eigenvalue weighted by atomic mass is 9.91. The average molecular weight is 360 g/mol. The van der Waals surface area contributed by atoms with Crippen molar-refractivity contribution in [3.05, 3.63) is 35.9 Å². The normalized spacial score (nSPS) is 29.3. The summed E-state index contributed by atoms with van der Waals surface area (Å²) in [6.07, 6.45) is 0. The zero-order valence-corrected chi connectivity index (χ0v) is 16.4. The van der Waals surface area contributed by atoms with Crippen molar-refractivity contribution in [2.75, 3.05) is 40.3 Å². The van der Waals surface area contributed by atoms with Gasteiger partial charge in [-0.3, -0.25) is 5.43 Å². The Balaban J connectivity index is 1.63. The van der Waals surface area contributed by atoms with E-state index in [1.54, 1.807) is 19.0 Å². The molecule has 2 amide bonds. The Bertz CT molecular complexity index is 591. The second kappa shape index (κ2) is 8.37. The minimum absolute atomic E-state index is 0.00821. The average Bonchev–Trinajstić information content (AvgIpc) is 3.23. The van der Waals surface area contributed by atoms with Gasteiger partial charge in [0.1, 0.15) is 0 Å². The van der Waals surface area contributed by atoms with E-state index < -0.39 is 0 Å². The SMILES string of the molecule is CC(C)[C@@H]1CN(CC2CNNC2c2ccccc2)C[C@H]1NC(=O)N(C)C. The number of nitrogens with one attached hydrogen (secondary N) is 3. The number of likely N-dealkylation sites (tertiary alicyclic amines) is 1. The van der Waals surface area contributed by atoms with Crippen LogP contribution in [0.5, 0.6) is 0 Å². The van der Waals surface area contributed by atoms with Crippen LogP contribution in [-0.4, -0.2) is 62.1 Å². The quantitative estimate of drug-likeness (QED) is 0.749. The van der Waals surface area contributed by atoms with Crippen molar-refractivity contribution in [1.29, 1.82) is 0 Å². The van der Waals surface area contributed by atoms with E-state index in [1.165, 1.54) is 5.56 Å². The zero-order chi connectivity index (χ0) is 18.7. The highest BCUT2D eigenvalue weighted by Crippen LogP contribution is 2.29. The molecule has 6 heteroatoms. The van der Waals surface area contributed by atoms with Crippen molar-refractivity contribution >= 4 is 6.03 Å². The van der Waals surface area contributed by atoms with Crippen molar-refractivity contribution in [3.63, 3.8) is 0 Å². The largest absolute Gasteiger partial charge is 0.334 e. The predicted octanol–water partition coefficient (Wildman–Crippen LogP) is 1.68. The molecule has 0 radical (unpaired) electrons. The number of urea groups is 1. The highest BCUT2D eigenvalue weighted by atomic mass is 16.2. The molecule has 26 heavy (non-hydrogen) atoms. The maximum absolute atomic E-state index is 12.1. The Hall–Kier alpha value is -1.63. The van der Waals surface area contributed by atoms with Gasteiger partial charge in [0.05, 0.1) is 6.04 Å². The first-order valence-electron chi connectivity index (χ1n) is 9.69. The zero-order valence-electron chi connectivity index (χ0n) is 16.4. The number of carbonyl (C=O) groups is 1. The van der Waals surface area contributed by atoms with Crippen LogP contribution in [0.1, 0.15) is 25.5 Å². The van der Waals surface area contributed by atoms with E-state index in [9.17, 15) is 4.79 Å². The topological polar surface area (TPSA) is 59.6 Å². The fourth-order valence-corrected chi connectivity index (χ4v) is 4.23. The maximum Gasteiger partial charge on any atom is 0.317 e. The van der Waals surface area contributed by atoms with E-state index in [1.807, 2.05) is 0 Å². The van der Waals surface area contributed by atoms with Gasteiger partial charge in [-0.05, 0) is 17.4 Å². The van der Waals surface area contributed by atoms with Gasteiger partial charge in [0.25, 0.3) is 0 Å². The molecular formula is C20H33N5O. The second-order valence-corrected chi connectivity index (χ2v) is 8.25. The fourth-order valence-electron chi connectivity index (χ4n) is 4.23. The van der Waals surface area contributed by atoms with Crippen molar-refractivity contribution in [3.8, 4) is 0 Å². The van der Waals surface area contributed by atoms with E-state index in [0.29, 0.717) is 23.8 Å². The Morgan fingerprint density at radius 1 is 1.27 bits per heavy atom.